The van der Waals surface area contributed by atoms with Gasteiger partial charge in [0.15, 0.2) is 0 Å². The van der Waals surface area contributed by atoms with Crippen LogP contribution in [0, 0.1) is 11.3 Å². The minimum atomic E-state index is 0.503. The third-order valence-corrected chi connectivity index (χ3v) is 4.10. The highest BCUT2D eigenvalue weighted by Gasteiger charge is 2.19. The molecule has 120 valence electrons. The van der Waals surface area contributed by atoms with E-state index in [4.69, 9.17) is 5.41 Å². The molecule has 0 unspecified atom stereocenters. The van der Waals surface area contributed by atoms with Crippen molar-refractivity contribution in [1.29, 1.82) is 5.41 Å². The number of hydrogen-bond donors (Lipinski definition) is 1. The molecule has 0 aromatic rings. The Kier molecular flexibility index (Phi) is 13.1. The lowest BCUT2D eigenvalue weighted by molar-refractivity contribution is 0.358. The van der Waals surface area contributed by atoms with Crippen molar-refractivity contribution in [3.63, 3.8) is 0 Å². The van der Waals surface area contributed by atoms with E-state index in [1.54, 1.807) is 0 Å². The van der Waals surface area contributed by atoms with Crippen LogP contribution in [0.2, 0.25) is 0 Å². The fourth-order valence-corrected chi connectivity index (χ4v) is 2.63. The van der Waals surface area contributed by atoms with Gasteiger partial charge in [-0.15, -0.1) is 0 Å². The van der Waals surface area contributed by atoms with Crippen LogP contribution in [0.5, 0.6) is 0 Å². The molecule has 2 heteroatoms. The molecule has 0 aromatic carbocycles. The van der Waals surface area contributed by atoms with Gasteiger partial charge in [-0.2, -0.15) is 0 Å². The van der Waals surface area contributed by atoms with E-state index in [-0.39, 0.29) is 0 Å². The summed E-state index contributed by atoms with van der Waals surface area (Å²) in [6.07, 6.45) is 12.4. The Balaban J connectivity index is 4.54. The van der Waals surface area contributed by atoms with Crippen molar-refractivity contribution in [2.24, 2.45) is 5.92 Å². The molecule has 0 saturated heterocycles. The van der Waals surface area contributed by atoms with E-state index in [1.165, 1.54) is 64.2 Å². The normalized spacial score (nSPS) is 11.1. The molecule has 0 spiro atoms. The lowest BCUT2D eigenvalue weighted by atomic mass is 9.94. The Morgan fingerprint density at radius 2 is 1.15 bits per heavy atom. The second-order valence-electron chi connectivity index (χ2n) is 6.06. The van der Waals surface area contributed by atoms with Crippen molar-refractivity contribution in [2.45, 2.75) is 91.9 Å². The smallest absolute Gasteiger partial charge is 0.0989 e. The van der Waals surface area contributed by atoms with E-state index in [1.807, 2.05) is 0 Å². The summed E-state index contributed by atoms with van der Waals surface area (Å²) in [5.41, 5.74) is 0. The third-order valence-electron chi connectivity index (χ3n) is 4.10. The Morgan fingerprint density at radius 3 is 1.50 bits per heavy atom. The molecule has 0 bridgehead atoms. The van der Waals surface area contributed by atoms with E-state index < -0.39 is 0 Å². The zero-order chi connectivity index (χ0) is 15.2. The summed E-state index contributed by atoms with van der Waals surface area (Å²) in [6, 6.07) is 0. The molecule has 0 atom stereocenters. The maximum atomic E-state index is 8.64. The topological polar surface area (TPSA) is 27.1 Å². The third kappa shape index (κ3) is 8.60. The number of nitrogens with zero attached hydrogens (tertiary/aromatic N) is 1. The van der Waals surface area contributed by atoms with Crippen LogP contribution in [0.25, 0.3) is 0 Å². The molecule has 20 heavy (non-hydrogen) atoms. The van der Waals surface area contributed by atoms with Crippen molar-refractivity contribution >= 4 is 5.84 Å². The summed E-state index contributed by atoms with van der Waals surface area (Å²) in [5.74, 6) is 1.44. The second-order valence-corrected chi connectivity index (χ2v) is 6.06. The Hall–Kier alpha value is -0.530. The van der Waals surface area contributed by atoms with Gasteiger partial charge in [0.25, 0.3) is 0 Å². The molecular formula is C18H38N2. The minimum absolute atomic E-state index is 0.503. The van der Waals surface area contributed by atoms with Crippen molar-refractivity contribution < 1.29 is 0 Å². The summed E-state index contributed by atoms with van der Waals surface area (Å²) >= 11 is 0. The predicted molar refractivity (Wildman–Crippen MR) is 91.7 cm³/mol. The fraction of sp³-hybridized carbons (Fsp3) is 0.944. The van der Waals surface area contributed by atoms with Crippen molar-refractivity contribution in [1.82, 2.24) is 4.90 Å². The SMILES string of the molecule is CCCCC(CCCC)C(=N)N(CCCC)CCCC. The van der Waals surface area contributed by atoms with Gasteiger partial charge in [-0.25, -0.2) is 0 Å². The molecule has 0 amide bonds. The van der Waals surface area contributed by atoms with E-state index >= 15 is 0 Å². The maximum absolute atomic E-state index is 8.64. The van der Waals surface area contributed by atoms with Crippen LogP contribution < -0.4 is 0 Å². The van der Waals surface area contributed by atoms with Crippen molar-refractivity contribution in [2.75, 3.05) is 13.1 Å². The molecule has 1 N–H and O–H groups in total. The van der Waals surface area contributed by atoms with Crippen LogP contribution in [-0.4, -0.2) is 23.8 Å². The first kappa shape index (κ1) is 19.5. The van der Waals surface area contributed by atoms with Gasteiger partial charge in [-0.05, 0) is 25.7 Å². The number of rotatable bonds is 13. The zero-order valence-corrected chi connectivity index (χ0v) is 14.5. The highest BCUT2D eigenvalue weighted by molar-refractivity contribution is 5.81. The average Bonchev–Trinajstić information content (AvgIpc) is 2.47. The first-order valence-corrected chi connectivity index (χ1v) is 9.04. The first-order valence-electron chi connectivity index (χ1n) is 9.04. The summed E-state index contributed by atoms with van der Waals surface area (Å²) in [6.45, 7) is 11.2. The zero-order valence-electron chi connectivity index (χ0n) is 14.5. The standard InChI is InChI=1S/C18H38N2/c1-5-9-13-17(14-10-6-2)18(19)20(15-11-7-3)16-12-8-4/h17,19H,5-16H2,1-4H3. The predicted octanol–water partition coefficient (Wildman–Crippen LogP) is 5.86. The van der Waals surface area contributed by atoms with Gasteiger partial charge in [0, 0.05) is 19.0 Å². The number of unbranched alkanes of at least 4 members (excludes halogenated alkanes) is 4. The lowest BCUT2D eigenvalue weighted by Gasteiger charge is -2.30. The lowest BCUT2D eigenvalue weighted by Crippen LogP contribution is -2.37. The number of hydrogen-bond acceptors (Lipinski definition) is 1. The Bertz CT molecular complexity index is 187. The van der Waals surface area contributed by atoms with Crippen molar-refractivity contribution in [3.8, 4) is 0 Å². The molecule has 0 aliphatic heterocycles. The molecule has 0 saturated carbocycles. The molecule has 0 rings (SSSR count). The average molecular weight is 283 g/mol. The maximum Gasteiger partial charge on any atom is 0.0989 e. The van der Waals surface area contributed by atoms with Crippen LogP contribution in [0.1, 0.15) is 91.9 Å². The highest BCUT2D eigenvalue weighted by Crippen LogP contribution is 2.20. The summed E-state index contributed by atoms with van der Waals surface area (Å²) in [4.78, 5) is 2.38. The minimum Gasteiger partial charge on any atom is -0.360 e. The molecule has 0 aliphatic rings. The molecule has 2 nitrogen and oxygen atoms in total. The summed E-state index contributed by atoms with van der Waals surface area (Å²) < 4.78 is 0. The summed E-state index contributed by atoms with van der Waals surface area (Å²) in [7, 11) is 0. The van der Waals surface area contributed by atoms with Gasteiger partial charge in [-0.3, -0.25) is 5.41 Å². The van der Waals surface area contributed by atoms with Crippen LogP contribution in [-0.2, 0) is 0 Å². The molecule has 0 aliphatic carbocycles. The fourth-order valence-electron chi connectivity index (χ4n) is 2.63. The van der Waals surface area contributed by atoms with E-state index in [2.05, 4.69) is 32.6 Å². The number of amidine groups is 1. The van der Waals surface area contributed by atoms with Gasteiger partial charge in [0.1, 0.15) is 0 Å². The molecule has 0 fully saturated rings. The summed E-state index contributed by atoms with van der Waals surface area (Å²) in [5, 5.41) is 8.64. The molecular weight excluding hydrogens is 244 g/mol. The molecule has 0 aromatic heterocycles. The van der Waals surface area contributed by atoms with Crippen LogP contribution in [0.3, 0.4) is 0 Å². The second kappa shape index (κ2) is 13.5. The van der Waals surface area contributed by atoms with Gasteiger partial charge >= 0.3 is 0 Å². The Labute approximate surface area is 127 Å². The number of nitrogens with one attached hydrogen (secondary N) is 1. The van der Waals surface area contributed by atoms with Crippen LogP contribution >= 0.6 is 0 Å². The quantitative estimate of drug-likeness (QED) is 0.332. The van der Waals surface area contributed by atoms with Crippen LogP contribution in [0.4, 0.5) is 0 Å². The monoisotopic (exact) mass is 282 g/mol. The van der Waals surface area contributed by atoms with Gasteiger partial charge in [0.05, 0.1) is 5.84 Å². The van der Waals surface area contributed by atoms with E-state index in [0.717, 1.165) is 18.9 Å². The largest absolute Gasteiger partial charge is 0.360 e. The molecule has 0 heterocycles. The van der Waals surface area contributed by atoms with E-state index in [0.29, 0.717) is 5.92 Å². The van der Waals surface area contributed by atoms with Gasteiger partial charge < -0.3 is 4.90 Å². The van der Waals surface area contributed by atoms with Gasteiger partial charge in [-0.1, -0.05) is 66.2 Å². The van der Waals surface area contributed by atoms with Gasteiger partial charge in [0.2, 0.25) is 0 Å². The van der Waals surface area contributed by atoms with Crippen molar-refractivity contribution in [3.05, 3.63) is 0 Å². The highest BCUT2D eigenvalue weighted by atomic mass is 15.2. The van der Waals surface area contributed by atoms with E-state index in [9.17, 15) is 0 Å². The molecule has 0 radical (unpaired) electrons. The van der Waals surface area contributed by atoms with Crippen LogP contribution in [0.15, 0.2) is 0 Å². The first-order chi connectivity index (χ1) is 9.71. The Morgan fingerprint density at radius 1 is 0.750 bits per heavy atom.